The third-order valence-electron chi connectivity index (χ3n) is 2.76. The number of carboxylic acid groups (broad SMARTS) is 1. The molecule has 7 nitrogen and oxygen atoms in total. The van der Waals surface area contributed by atoms with Crippen LogP contribution in [0.1, 0.15) is 22.5 Å². The number of carbonyl (C=O) groups is 2. The number of nitrogens with zero attached hydrogens (tertiary/aromatic N) is 1. The molecule has 0 aromatic carbocycles. The van der Waals surface area contributed by atoms with Crippen molar-refractivity contribution in [2.75, 3.05) is 13.2 Å². The van der Waals surface area contributed by atoms with Crippen LogP contribution in [-0.4, -0.2) is 41.3 Å². The molecule has 0 saturated carbocycles. The molecule has 2 amide bonds. The van der Waals surface area contributed by atoms with Crippen molar-refractivity contribution in [2.24, 2.45) is 0 Å². The first kappa shape index (κ1) is 13.3. The number of urea groups is 1. The molecule has 2 heterocycles. The molecule has 1 atom stereocenters. The zero-order valence-electron chi connectivity index (χ0n) is 10.3. The zero-order valence-corrected chi connectivity index (χ0v) is 10.3. The summed E-state index contributed by atoms with van der Waals surface area (Å²) in [5, 5.41) is 14.2. The summed E-state index contributed by atoms with van der Waals surface area (Å²) in [6, 6.07) is 2.82. The van der Waals surface area contributed by atoms with Crippen LogP contribution in [0.2, 0.25) is 0 Å². The fourth-order valence-corrected chi connectivity index (χ4v) is 1.72. The minimum atomic E-state index is -1.07. The number of ether oxygens (including phenoxy) is 1. The van der Waals surface area contributed by atoms with Gasteiger partial charge in [0.1, 0.15) is 5.69 Å². The number of carboxylic acids is 1. The fraction of sp³-hybridized carbons (Fsp3) is 0.417. The Morgan fingerprint density at radius 3 is 2.89 bits per heavy atom. The Labute approximate surface area is 110 Å². The number of aromatic carboxylic acids is 1. The molecule has 19 heavy (non-hydrogen) atoms. The highest BCUT2D eigenvalue weighted by atomic mass is 16.5. The van der Waals surface area contributed by atoms with E-state index in [0.29, 0.717) is 19.8 Å². The fourth-order valence-electron chi connectivity index (χ4n) is 1.72. The van der Waals surface area contributed by atoms with Crippen LogP contribution in [0.5, 0.6) is 0 Å². The molecule has 1 aliphatic rings. The SMILES string of the molecule is O=C(NCc1ccc(C(=O)O)nc1)NC1CCOC1. The molecule has 1 aromatic heterocycles. The van der Waals surface area contributed by atoms with Gasteiger partial charge in [0.15, 0.2) is 0 Å². The lowest BCUT2D eigenvalue weighted by atomic mass is 10.2. The molecule has 1 unspecified atom stereocenters. The normalized spacial score (nSPS) is 18.0. The molecule has 0 bridgehead atoms. The van der Waals surface area contributed by atoms with Gasteiger partial charge in [0.25, 0.3) is 0 Å². The Morgan fingerprint density at radius 2 is 2.32 bits per heavy atom. The van der Waals surface area contributed by atoms with Crippen molar-refractivity contribution in [2.45, 2.75) is 19.0 Å². The highest BCUT2D eigenvalue weighted by Crippen LogP contribution is 2.03. The van der Waals surface area contributed by atoms with Gasteiger partial charge in [-0.25, -0.2) is 14.6 Å². The maximum atomic E-state index is 11.6. The summed E-state index contributed by atoms with van der Waals surface area (Å²) in [4.78, 5) is 25.9. The molecule has 102 valence electrons. The number of hydrogen-bond donors (Lipinski definition) is 3. The Morgan fingerprint density at radius 1 is 1.47 bits per heavy atom. The van der Waals surface area contributed by atoms with Crippen molar-refractivity contribution in [3.8, 4) is 0 Å². The monoisotopic (exact) mass is 265 g/mol. The van der Waals surface area contributed by atoms with Gasteiger partial charge in [0, 0.05) is 19.3 Å². The summed E-state index contributed by atoms with van der Waals surface area (Å²) in [6.45, 7) is 1.51. The van der Waals surface area contributed by atoms with Gasteiger partial charge in [-0.2, -0.15) is 0 Å². The first-order chi connectivity index (χ1) is 9.15. The summed E-state index contributed by atoms with van der Waals surface area (Å²) in [7, 11) is 0. The van der Waals surface area contributed by atoms with Crippen molar-refractivity contribution >= 4 is 12.0 Å². The second-order valence-corrected chi connectivity index (χ2v) is 4.24. The molecule has 0 spiro atoms. The van der Waals surface area contributed by atoms with Crippen LogP contribution in [0.15, 0.2) is 18.3 Å². The lowest BCUT2D eigenvalue weighted by molar-refractivity contribution is 0.0690. The van der Waals surface area contributed by atoms with E-state index in [1.165, 1.54) is 12.3 Å². The van der Waals surface area contributed by atoms with E-state index in [0.717, 1.165) is 12.0 Å². The standard InChI is InChI=1S/C12H15N3O4/c16-11(17)10-2-1-8(5-13-10)6-14-12(18)15-9-3-4-19-7-9/h1-2,5,9H,3-4,6-7H2,(H,16,17)(H2,14,15,18). The molecule has 1 aliphatic heterocycles. The van der Waals surface area contributed by atoms with Gasteiger partial charge in [-0.15, -0.1) is 0 Å². The van der Waals surface area contributed by atoms with Gasteiger partial charge in [-0.05, 0) is 18.1 Å². The average Bonchev–Trinajstić information content (AvgIpc) is 2.89. The maximum Gasteiger partial charge on any atom is 0.354 e. The largest absolute Gasteiger partial charge is 0.477 e. The molecule has 0 aliphatic carbocycles. The van der Waals surface area contributed by atoms with E-state index in [1.54, 1.807) is 6.07 Å². The second kappa shape index (κ2) is 6.14. The van der Waals surface area contributed by atoms with E-state index in [-0.39, 0.29) is 17.8 Å². The zero-order chi connectivity index (χ0) is 13.7. The van der Waals surface area contributed by atoms with Crippen LogP contribution in [0, 0.1) is 0 Å². The van der Waals surface area contributed by atoms with Crippen molar-refractivity contribution in [1.29, 1.82) is 0 Å². The highest BCUT2D eigenvalue weighted by Gasteiger charge is 2.17. The number of nitrogens with one attached hydrogen (secondary N) is 2. The number of amides is 2. The van der Waals surface area contributed by atoms with Crippen molar-refractivity contribution < 1.29 is 19.4 Å². The number of carbonyl (C=O) groups excluding carboxylic acids is 1. The predicted molar refractivity (Wildman–Crippen MR) is 65.8 cm³/mol. The molecule has 1 aromatic rings. The molecule has 3 N–H and O–H groups in total. The summed E-state index contributed by atoms with van der Waals surface area (Å²) in [5.41, 5.74) is 0.721. The van der Waals surface area contributed by atoms with E-state index < -0.39 is 5.97 Å². The van der Waals surface area contributed by atoms with E-state index in [1.807, 2.05) is 0 Å². The Balaban J connectivity index is 1.77. The molecular weight excluding hydrogens is 250 g/mol. The lowest BCUT2D eigenvalue weighted by Crippen LogP contribution is -2.42. The summed E-state index contributed by atoms with van der Waals surface area (Å²) in [6.07, 6.45) is 2.25. The minimum Gasteiger partial charge on any atom is -0.477 e. The van der Waals surface area contributed by atoms with Gasteiger partial charge >= 0.3 is 12.0 Å². The minimum absolute atomic E-state index is 0.0173. The van der Waals surface area contributed by atoms with Crippen LogP contribution in [0.25, 0.3) is 0 Å². The average molecular weight is 265 g/mol. The van der Waals surface area contributed by atoms with Crippen molar-refractivity contribution in [3.63, 3.8) is 0 Å². The van der Waals surface area contributed by atoms with E-state index >= 15 is 0 Å². The van der Waals surface area contributed by atoms with E-state index in [4.69, 9.17) is 9.84 Å². The maximum absolute atomic E-state index is 11.6. The predicted octanol–water partition coefficient (Wildman–Crippen LogP) is 0.368. The lowest BCUT2D eigenvalue weighted by Gasteiger charge is -2.11. The van der Waals surface area contributed by atoms with Crippen LogP contribution in [0.4, 0.5) is 4.79 Å². The number of hydrogen-bond acceptors (Lipinski definition) is 4. The molecular formula is C12H15N3O4. The quantitative estimate of drug-likeness (QED) is 0.730. The van der Waals surface area contributed by atoms with Crippen molar-refractivity contribution in [1.82, 2.24) is 15.6 Å². The smallest absolute Gasteiger partial charge is 0.354 e. The number of aromatic nitrogens is 1. The van der Waals surface area contributed by atoms with E-state index in [2.05, 4.69) is 15.6 Å². The van der Waals surface area contributed by atoms with Gasteiger partial charge in [0.2, 0.25) is 0 Å². The Hall–Kier alpha value is -2.15. The first-order valence-electron chi connectivity index (χ1n) is 5.95. The van der Waals surface area contributed by atoms with Crippen LogP contribution in [-0.2, 0) is 11.3 Å². The molecule has 1 fully saturated rings. The third-order valence-corrected chi connectivity index (χ3v) is 2.76. The van der Waals surface area contributed by atoms with Crippen LogP contribution < -0.4 is 10.6 Å². The number of pyridine rings is 1. The molecule has 1 saturated heterocycles. The first-order valence-corrected chi connectivity index (χ1v) is 5.95. The highest BCUT2D eigenvalue weighted by molar-refractivity contribution is 5.85. The summed E-state index contributed by atoms with van der Waals surface area (Å²) >= 11 is 0. The summed E-state index contributed by atoms with van der Waals surface area (Å²) in [5.74, 6) is -1.07. The number of rotatable bonds is 4. The Kier molecular flexibility index (Phi) is 4.30. The summed E-state index contributed by atoms with van der Waals surface area (Å²) < 4.78 is 5.15. The van der Waals surface area contributed by atoms with Gasteiger partial charge in [0.05, 0.1) is 12.6 Å². The van der Waals surface area contributed by atoms with Crippen LogP contribution >= 0.6 is 0 Å². The molecule has 2 rings (SSSR count). The third kappa shape index (κ3) is 3.92. The van der Waals surface area contributed by atoms with Crippen LogP contribution in [0.3, 0.4) is 0 Å². The molecule has 7 heteroatoms. The van der Waals surface area contributed by atoms with Gasteiger partial charge < -0.3 is 20.5 Å². The van der Waals surface area contributed by atoms with E-state index in [9.17, 15) is 9.59 Å². The van der Waals surface area contributed by atoms with Gasteiger partial charge in [-0.3, -0.25) is 0 Å². The van der Waals surface area contributed by atoms with Crippen molar-refractivity contribution in [3.05, 3.63) is 29.6 Å². The Bertz CT molecular complexity index is 455. The molecule has 0 radical (unpaired) electrons. The topological polar surface area (TPSA) is 101 Å². The second-order valence-electron chi connectivity index (χ2n) is 4.24. The van der Waals surface area contributed by atoms with Gasteiger partial charge in [-0.1, -0.05) is 6.07 Å².